The van der Waals surface area contributed by atoms with Crippen LogP contribution in [0.3, 0.4) is 0 Å². The first-order chi connectivity index (χ1) is 10.6. The molecule has 0 bridgehead atoms. The van der Waals surface area contributed by atoms with Crippen molar-refractivity contribution in [2.75, 3.05) is 38.8 Å². The topological polar surface area (TPSA) is 111 Å². The minimum atomic E-state index is -3.55. The summed E-state index contributed by atoms with van der Waals surface area (Å²) < 4.78 is 35.7. The van der Waals surface area contributed by atoms with Crippen molar-refractivity contribution in [1.29, 1.82) is 0 Å². The molecule has 0 saturated heterocycles. The van der Waals surface area contributed by atoms with Gasteiger partial charge in [-0.05, 0) is 19.1 Å². The number of nitrogens with one attached hydrogen (secondary N) is 1. The SMILES string of the molecule is COc1cc(C(=O)N(C)C(C)CN)cc(NS(C)(=O)=O)c1OC.Cl. The van der Waals surface area contributed by atoms with Gasteiger partial charge in [-0.15, -0.1) is 12.4 Å². The van der Waals surface area contributed by atoms with Crippen molar-refractivity contribution in [3.05, 3.63) is 17.7 Å². The minimum Gasteiger partial charge on any atom is -0.493 e. The zero-order valence-electron chi connectivity index (χ0n) is 14.3. The molecule has 1 aromatic carbocycles. The fourth-order valence-electron chi connectivity index (χ4n) is 1.93. The van der Waals surface area contributed by atoms with E-state index in [0.717, 1.165) is 6.26 Å². The van der Waals surface area contributed by atoms with Gasteiger partial charge in [0.05, 0.1) is 26.2 Å². The third-order valence-electron chi connectivity index (χ3n) is 3.34. The Hall–Kier alpha value is -1.71. The van der Waals surface area contributed by atoms with Gasteiger partial charge in [0.1, 0.15) is 0 Å². The van der Waals surface area contributed by atoms with Gasteiger partial charge in [0.25, 0.3) is 5.91 Å². The predicted molar refractivity (Wildman–Crippen MR) is 95.9 cm³/mol. The van der Waals surface area contributed by atoms with Gasteiger partial charge in [0, 0.05) is 25.2 Å². The monoisotopic (exact) mass is 381 g/mol. The van der Waals surface area contributed by atoms with Gasteiger partial charge in [0.2, 0.25) is 10.0 Å². The number of anilines is 1. The van der Waals surface area contributed by atoms with Gasteiger partial charge < -0.3 is 20.1 Å². The van der Waals surface area contributed by atoms with E-state index < -0.39 is 10.0 Å². The van der Waals surface area contributed by atoms with Crippen LogP contribution in [0.5, 0.6) is 11.5 Å². The highest BCUT2D eigenvalue weighted by Crippen LogP contribution is 2.37. The first-order valence-corrected chi connectivity index (χ1v) is 8.74. The maximum Gasteiger partial charge on any atom is 0.254 e. The van der Waals surface area contributed by atoms with Crippen molar-refractivity contribution in [3.63, 3.8) is 0 Å². The van der Waals surface area contributed by atoms with Crippen molar-refractivity contribution in [1.82, 2.24) is 4.90 Å². The molecule has 1 unspecified atom stereocenters. The molecule has 0 aliphatic rings. The quantitative estimate of drug-likeness (QED) is 0.726. The number of hydrogen-bond acceptors (Lipinski definition) is 6. The molecule has 1 atom stereocenters. The number of benzene rings is 1. The Morgan fingerprint density at radius 2 is 1.92 bits per heavy atom. The molecule has 0 aliphatic carbocycles. The number of methoxy groups -OCH3 is 2. The van der Waals surface area contributed by atoms with Crippen LogP contribution >= 0.6 is 12.4 Å². The highest BCUT2D eigenvalue weighted by Gasteiger charge is 2.22. The molecule has 1 aromatic rings. The van der Waals surface area contributed by atoms with E-state index in [2.05, 4.69) is 4.72 Å². The highest BCUT2D eigenvalue weighted by molar-refractivity contribution is 7.92. The molecule has 0 spiro atoms. The second-order valence-corrected chi connectivity index (χ2v) is 6.88. The molecule has 24 heavy (non-hydrogen) atoms. The Morgan fingerprint density at radius 1 is 1.33 bits per heavy atom. The lowest BCUT2D eigenvalue weighted by atomic mass is 10.1. The summed E-state index contributed by atoms with van der Waals surface area (Å²) in [6.07, 6.45) is 1.01. The van der Waals surface area contributed by atoms with E-state index in [9.17, 15) is 13.2 Å². The molecule has 0 aromatic heterocycles. The van der Waals surface area contributed by atoms with E-state index >= 15 is 0 Å². The maximum atomic E-state index is 12.5. The molecule has 0 fully saturated rings. The predicted octanol–water partition coefficient (Wildman–Crippen LogP) is 0.916. The lowest BCUT2D eigenvalue weighted by Crippen LogP contribution is -2.39. The fourth-order valence-corrected chi connectivity index (χ4v) is 2.48. The average Bonchev–Trinajstić information content (AvgIpc) is 2.50. The smallest absolute Gasteiger partial charge is 0.254 e. The summed E-state index contributed by atoms with van der Waals surface area (Å²) >= 11 is 0. The fraction of sp³-hybridized carbons (Fsp3) is 0.500. The van der Waals surface area contributed by atoms with Crippen molar-refractivity contribution < 1.29 is 22.7 Å². The van der Waals surface area contributed by atoms with E-state index in [0.29, 0.717) is 6.54 Å². The Labute approximate surface area is 148 Å². The van der Waals surface area contributed by atoms with Crippen LogP contribution < -0.4 is 19.9 Å². The molecule has 0 radical (unpaired) electrons. The first kappa shape index (κ1) is 22.3. The third-order valence-corrected chi connectivity index (χ3v) is 3.93. The van der Waals surface area contributed by atoms with Crippen LogP contribution in [-0.2, 0) is 10.0 Å². The first-order valence-electron chi connectivity index (χ1n) is 6.85. The van der Waals surface area contributed by atoms with Crippen molar-refractivity contribution in [2.45, 2.75) is 13.0 Å². The van der Waals surface area contributed by atoms with E-state index in [1.807, 2.05) is 6.92 Å². The van der Waals surface area contributed by atoms with Crippen LogP contribution in [0.1, 0.15) is 17.3 Å². The molecule has 0 heterocycles. The number of carbonyl (C=O) groups is 1. The number of nitrogens with two attached hydrogens (primary N) is 1. The summed E-state index contributed by atoms with van der Waals surface area (Å²) in [7, 11) is 0.866. The summed E-state index contributed by atoms with van der Waals surface area (Å²) in [5.41, 5.74) is 5.97. The standard InChI is InChI=1S/C14H23N3O5S.ClH/c1-9(8-15)17(2)14(18)10-6-11(16-23(5,19)20)13(22-4)12(7-10)21-3;/h6-7,9,16H,8,15H2,1-5H3;1H. The largest absolute Gasteiger partial charge is 0.493 e. The van der Waals surface area contributed by atoms with Gasteiger partial charge in [-0.1, -0.05) is 0 Å². The summed E-state index contributed by atoms with van der Waals surface area (Å²) in [6, 6.07) is 2.74. The molecule has 1 rings (SSSR count). The van der Waals surface area contributed by atoms with E-state index in [-0.39, 0.29) is 47.1 Å². The Kier molecular flexibility index (Phi) is 8.31. The average molecular weight is 382 g/mol. The number of hydrogen-bond donors (Lipinski definition) is 2. The van der Waals surface area contributed by atoms with Crippen molar-refractivity contribution in [3.8, 4) is 11.5 Å². The van der Waals surface area contributed by atoms with Crippen molar-refractivity contribution in [2.24, 2.45) is 5.73 Å². The van der Waals surface area contributed by atoms with Crippen LogP contribution in [0.2, 0.25) is 0 Å². The van der Waals surface area contributed by atoms with Gasteiger partial charge >= 0.3 is 0 Å². The van der Waals surface area contributed by atoms with Crippen LogP contribution in [0, 0.1) is 0 Å². The summed E-state index contributed by atoms with van der Waals surface area (Å²) in [4.78, 5) is 14.0. The second kappa shape index (κ2) is 8.95. The van der Waals surface area contributed by atoms with Gasteiger partial charge in [0.15, 0.2) is 11.5 Å². The molecule has 0 saturated carbocycles. The van der Waals surface area contributed by atoms with Crippen LogP contribution in [0.15, 0.2) is 12.1 Å². The van der Waals surface area contributed by atoms with Crippen LogP contribution in [0.25, 0.3) is 0 Å². The number of rotatable bonds is 7. The molecule has 0 aliphatic heterocycles. The lowest BCUT2D eigenvalue weighted by Gasteiger charge is -2.24. The molecule has 3 N–H and O–H groups in total. The number of nitrogens with zero attached hydrogens (tertiary/aromatic N) is 1. The normalized spacial score (nSPS) is 11.9. The van der Waals surface area contributed by atoms with E-state index in [4.69, 9.17) is 15.2 Å². The number of likely N-dealkylation sites (N-methyl/N-ethyl adjacent to an activating group) is 1. The second-order valence-electron chi connectivity index (χ2n) is 5.13. The zero-order chi connectivity index (χ0) is 17.8. The Morgan fingerprint density at radius 3 is 2.33 bits per heavy atom. The van der Waals surface area contributed by atoms with Crippen LogP contribution in [0.4, 0.5) is 5.69 Å². The van der Waals surface area contributed by atoms with E-state index in [1.165, 1.54) is 31.3 Å². The number of sulfonamides is 1. The summed E-state index contributed by atoms with van der Waals surface area (Å²) in [6.45, 7) is 2.12. The van der Waals surface area contributed by atoms with Gasteiger partial charge in [-0.25, -0.2) is 8.42 Å². The van der Waals surface area contributed by atoms with Gasteiger partial charge in [-0.3, -0.25) is 9.52 Å². The Balaban J connectivity index is 0.00000529. The lowest BCUT2D eigenvalue weighted by molar-refractivity contribution is 0.0748. The minimum absolute atomic E-state index is 0. The van der Waals surface area contributed by atoms with Gasteiger partial charge in [-0.2, -0.15) is 0 Å². The number of ether oxygens (including phenoxy) is 2. The molecule has 1 amide bonds. The number of carbonyl (C=O) groups excluding carboxylic acids is 1. The summed E-state index contributed by atoms with van der Waals surface area (Å²) in [5.74, 6) is 0.141. The molecule has 8 nitrogen and oxygen atoms in total. The Bertz CT molecular complexity index is 681. The van der Waals surface area contributed by atoms with E-state index in [1.54, 1.807) is 7.05 Å². The zero-order valence-corrected chi connectivity index (χ0v) is 16.0. The van der Waals surface area contributed by atoms with Crippen molar-refractivity contribution >= 4 is 34.0 Å². The number of amides is 1. The highest BCUT2D eigenvalue weighted by atomic mass is 35.5. The maximum absolute atomic E-state index is 12.5. The molecule has 138 valence electrons. The summed E-state index contributed by atoms with van der Waals surface area (Å²) in [5, 5.41) is 0. The molecule has 10 heteroatoms. The third kappa shape index (κ3) is 5.43. The van der Waals surface area contributed by atoms with Crippen LogP contribution in [-0.4, -0.2) is 59.3 Å². The molecular formula is C14H24ClN3O5S. The molecular weight excluding hydrogens is 358 g/mol. The number of halogens is 1.